The predicted octanol–water partition coefficient (Wildman–Crippen LogP) is 6.89. The third-order valence-electron chi connectivity index (χ3n) is 5.98. The second kappa shape index (κ2) is 14.4. The number of Topliss-reactive ketones (excluding diaryl/α,β-unsaturated/α-hetero) is 1. The molecule has 0 fully saturated rings. The van der Waals surface area contributed by atoms with Crippen molar-refractivity contribution in [3.63, 3.8) is 0 Å². The van der Waals surface area contributed by atoms with Gasteiger partial charge in [0, 0.05) is 17.9 Å². The summed E-state index contributed by atoms with van der Waals surface area (Å²) in [7, 11) is 1.33. The molecule has 1 aromatic rings. The Morgan fingerprint density at radius 2 is 1.91 bits per heavy atom. The molecule has 1 aromatic carbocycles. The lowest BCUT2D eigenvalue weighted by Gasteiger charge is -2.28. The number of methoxy groups -OCH3 is 1. The Morgan fingerprint density at radius 1 is 1.21 bits per heavy atom. The number of ketones is 1. The molecule has 0 radical (unpaired) electrons. The molecular weight excluding hydrogens is 428 g/mol. The Bertz CT molecular complexity index is 892. The van der Waals surface area contributed by atoms with Crippen LogP contribution in [0.3, 0.4) is 0 Å². The number of rotatable bonds is 15. The highest BCUT2D eigenvalue weighted by molar-refractivity contribution is 5.82. The first-order valence-electron chi connectivity index (χ1n) is 12.0. The highest BCUT2D eigenvalue weighted by Crippen LogP contribution is 2.30. The summed E-state index contributed by atoms with van der Waals surface area (Å²) in [5.41, 5.74) is 2.41. The summed E-state index contributed by atoms with van der Waals surface area (Å²) in [6, 6.07) is 4.72. The van der Waals surface area contributed by atoms with Gasteiger partial charge in [0.05, 0.1) is 13.5 Å². The third kappa shape index (κ3) is 10.9. The van der Waals surface area contributed by atoms with Crippen LogP contribution in [0.4, 0.5) is 0 Å². The van der Waals surface area contributed by atoms with Crippen LogP contribution in [0.5, 0.6) is 11.5 Å². The number of phenols is 1. The van der Waals surface area contributed by atoms with Crippen LogP contribution >= 0.6 is 0 Å². The Balaban J connectivity index is 2.63. The number of allylic oxidation sites excluding steroid dienone is 4. The summed E-state index contributed by atoms with van der Waals surface area (Å²) in [6.07, 6.45) is 10.9. The maximum Gasteiger partial charge on any atom is 0.310 e. The maximum atomic E-state index is 12.2. The fraction of sp³-hybridized carbons (Fsp3) is 0.517. The summed E-state index contributed by atoms with van der Waals surface area (Å²) < 4.78 is 11.0. The monoisotopic (exact) mass is 470 g/mol. The van der Waals surface area contributed by atoms with Gasteiger partial charge in [-0.1, -0.05) is 36.8 Å². The largest absolute Gasteiger partial charge is 0.508 e. The molecule has 0 unspecified atom stereocenters. The van der Waals surface area contributed by atoms with Gasteiger partial charge in [-0.2, -0.15) is 0 Å². The van der Waals surface area contributed by atoms with Gasteiger partial charge in [-0.05, 0) is 84.1 Å². The average molecular weight is 471 g/mol. The molecule has 34 heavy (non-hydrogen) atoms. The molecule has 188 valence electrons. The van der Waals surface area contributed by atoms with Crippen molar-refractivity contribution >= 4 is 11.8 Å². The van der Waals surface area contributed by atoms with E-state index < -0.39 is 11.6 Å². The summed E-state index contributed by atoms with van der Waals surface area (Å²) in [5.74, 6) is 0.589. The fourth-order valence-electron chi connectivity index (χ4n) is 3.54. The van der Waals surface area contributed by atoms with Crippen molar-refractivity contribution in [1.82, 2.24) is 0 Å². The number of benzene rings is 1. The van der Waals surface area contributed by atoms with E-state index in [1.807, 2.05) is 33.8 Å². The van der Waals surface area contributed by atoms with Gasteiger partial charge >= 0.3 is 5.97 Å². The minimum Gasteiger partial charge on any atom is -0.508 e. The molecule has 0 saturated heterocycles. The second-order valence-electron chi connectivity index (χ2n) is 9.50. The second-order valence-corrected chi connectivity index (χ2v) is 9.50. The van der Waals surface area contributed by atoms with Crippen LogP contribution < -0.4 is 4.74 Å². The van der Waals surface area contributed by atoms with Crippen molar-refractivity contribution < 1.29 is 24.2 Å². The molecule has 0 aromatic heterocycles. The molecule has 0 spiro atoms. The van der Waals surface area contributed by atoms with Crippen molar-refractivity contribution in [2.45, 2.75) is 85.2 Å². The lowest BCUT2D eigenvalue weighted by molar-refractivity contribution is -0.139. The number of carbonyl (C=O) groups excluding carboxylic acids is 2. The van der Waals surface area contributed by atoms with Crippen LogP contribution in [0.2, 0.25) is 0 Å². The first-order valence-corrected chi connectivity index (χ1v) is 12.0. The third-order valence-corrected chi connectivity index (χ3v) is 5.98. The number of carbonyl (C=O) groups is 2. The molecule has 0 aliphatic rings. The SMILES string of the molecule is C=C[C@@](C)(CCC=C(C)CCC[C@@H](C)C(=O)CC=C(C)C)Oc1ccc(O)cc1CC(=O)OC. The molecule has 0 amide bonds. The average Bonchev–Trinajstić information content (AvgIpc) is 2.79. The number of aromatic hydroxyl groups is 1. The Hall–Kier alpha value is -2.82. The fourth-order valence-corrected chi connectivity index (χ4v) is 3.54. The van der Waals surface area contributed by atoms with Crippen LogP contribution in [-0.2, 0) is 20.7 Å². The van der Waals surface area contributed by atoms with Crippen LogP contribution in [-0.4, -0.2) is 29.6 Å². The standard InChI is InChI=1S/C29H42O5/c1-8-29(6,34-27-17-15-25(30)19-24(27)20-28(32)33-7)18-10-12-22(4)11-9-13-23(5)26(31)16-14-21(2)3/h8,12,14-15,17,19,23,30H,1,9-11,13,16,18,20H2,2-7H3/t23-,29+/m1/s1. The molecule has 0 aliphatic carbocycles. The van der Waals surface area contributed by atoms with E-state index in [0.717, 1.165) is 25.7 Å². The summed E-state index contributed by atoms with van der Waals surface area (Å²) in [4.78, 5) is 23.9. The van der Waals surface area contributed by atoms with Gasteiger partial charge in [0.15, 0.2) is 0 Å². The minimum atomic E-state index is -0.634. The number of hydrogen-bond donors (Lipinski definition) is 1. The van der Waals surface area contributed by atoms with E-state index >= 15 is 0 Å². The van der Waals surface area contributed by atoms with Crippen molar-refractivity contribution in [1.29, 1.82) is 0 Å². The van der Waals surface area contributed by atoms with E-state index in [0.29, 0.717) is 29.9 Å². The number of esters is 1. The predicted molar refractivity (Wildman–Crippen MR) is 138 cm³/mol. The molecule has 0 saturated carbocycles. The number of phenolic OH excluding ortho intramolecular Hbond substituents is 1. The van der Waals surface area contributed by atoms with Gasteiger partial charge in [-0.15, -0.1) is 0 Å². The van der Waals surface area contributed by atoms with Gasteiger partial charge in [-0.25, -0.2) is 0 Å². The zero-order chi connectivity index (χ0) is 25.7. The van der Waals surface area contributed by atoms with Crippen LogP contribution in [0.1, 0.15) is 78.7 Å². The van der Waals surface area contributed by atoms with Crippen molar-refractivity contribution in [2.75, 3.05) is 7.11 Å². The van der Waals surface area contributed by atoms with Gasteiger partial charge < -0.3 is 14.6 Å². The number of hydrogen-bond acceptors (Lipinski definition) is 5. The summed E-state index contributed by atoms with van der Waals surface area (Å²) in [5, 5.41) is 9.81. The molecule has 1 N–H and O–H groups in total. The smallest absolute Gasteiger partial charge is 0.310 e. The van der Waals surface area contributed by atoms with Crippen molar-refractivity contribution in [3.05, 3.63) is 59.7 Å². The van der Waals surface area contributed by atoms with E-state index in [1.54, 1.807) is 12.1 Å². The Kier molecular flexibility index (Phi) is 12.4. The quantitative estimate of drug-likeness (QED) is 0.223. The lowest BCUT2D eigenvalue weighted by atomic mass is 9.94. The first kappa shape index (κ1) is 29.2. The van der Waals surface area contributed by atoms with E-state index in [1.165, 1.54) is 30.4 Å². The molecule has 2 atom stereocenters. The molecule has 5 nitrogen and oxygen atoms in total. The zero-order valence-corrected chi connectivity index (χ0v) is 21.8. The van der Waals surface area contributed by atoms with E-state index in [4.69, 9.17) is 9.47 Å². The number of ether oxygens (including phenoxy) is 2. The molecule has 0 bridgehead atoms. The van der Waals surface area contributed by atoms with Gasteiger partial charge in [0.25, 0.3) is 0 Å². The van der Waals surface area contributed by atoms with Gasteiger partial charge in [-0.3, -0.25) is 9.59 Å². The molecule has 1 rings (SSSR count). The summed E-state index contributed by atoms with van der Waals surface area (Å²) in [6.45, 7) is 14.1. The Labute approximate surface area is 205 Å². The Morgan fingerprint density at radius 3 is 2.53 bits per heavy atom. The molecule has 0 heterocycles. The topological polar surface area (TPSA) is 72.8 Å². The van der Waals surface area contributed by atoms with Gasteiger partial charge in [0.1, 0.15) is 22.9 Å². The zero-order valence-electron chi connectivity index (χ0n) is 21.8. The highest BCUT2D eigenvalue weighted by atomic mass is 16.5. The van der Waals surface area contributed by atoms with Crippen molar-refractivity contribution in [3.8, 4) is 11.5 Å². The van der Waals surface area contributed by atoms with E-state index in [9.17, 15) is 14.7 Å². The maximum absolute atomic E-state index is 12.2. The van der Waals surface area contributed by atoms with E-state index in [-0.39, 0.29) is 18.1 Å². The minimum absolute atomic E-state index is 0.0156. The molecule has 5 heteroatoms. The highest BCUT2D eigenvalue weighted by Gasteiger charge is 2.24. The normalized spacial score (nSPS) is 14.0. The van der Waals surface area contributed by atoms with Crippen LogP contribution in [0.15, 0.2) is 54.2 Å². The first-order chi connectivity index (χ1) is 16.0. The van der Waals surface area contributed by atoms with E-state index in [2.05, 4.69) is 19.6 Å². The van der Waals surface area contributed by atoms with Crippen LogP contribution in [0, 0.1) is 5.92 Å². The lowest BCUT2D eigenvalue weighted by Crippen LogP contribution is -2.30. The molecular formula is C29H42O5. The van der Waals surface area contributed by atoms with Gasteiger partial charge in [0.2, 0.25) is 0 Å². The molecule has 0 aliphatic heterocycles. The van der Waals surface area contributed by atoms with Crippen LogP contribution in [0.25, 0.3) is 0 Å². The van der Waals surface area contributed by atoms with Crippen molar-refractivity contribution in [2.24, 2.45) is 5.92 Å². The summed E-state index contributed by atoms with van der Waals surface area (Å²) >= 11 is 0.